The second kappa shape index (κ2) is 7.09. The number of ether oxygens (including phenoxy) is 1. The zero-order valence-electron chi connectivity index (χ0n) is 16.5. The van der Waals surface area contributed by atoms with Gasteiger partial charge in [0.15, 0.2) is 0 Å². The van der Waals surface area contributed by atoms with E-state index in [2.05, 4.69) is 9.89 Å². The quantitative estimate of drug-likeness (QED) is 0.443. The molecule has 1 aliphatic heterocycles. The van der Waals surface area contributed by atoms with Gasteiger partial charge in [0, 0.05) is 30.1 Å². The number of aryl methyl sites for hydroxylation is 1. The molecule has 0 bridgehead atoms. The summed E-state index contributed by atoms with van der Waals surface area (Å²) in [7, 11) is 1.65. The molecule has 0 saturated carbocycles. The standard InChI is InChI=1S/C21H21F3N2O3/c1-12-7-16-17(26(4)19(27)10-20(16,2)3)9-14(12)15-8-13(11-25-28)5-6-18(15)29-21(22,23)24/h5-9,11,28H,10H2,1-4H3. The molecule has 0 radical (unpaired) electrons. The van der Waals surface area contributed by atoms with Gasteiger partial charge in [-0.05, 0) is 53.4 Å². The van der Waals surface area contributed by atoms with E-state index in [0.29, 0.717) is 23.2 Å². The van der Waals surface area contributed by atoms with E-state index in [1.807, 2.05) is 19.9 Å². The van der Waals surface area contributed by atoms with E-state index in [-0.39, 0.29) is 22.6 Å². The van der Waals surface area contributed by atoms with Crippen molar-refractivity contribution in [3.05, 3.63) is 47.0 Å². The van der Waals surface area contributed by atoms with E-state index in [0.717, 1.165) is 17.3 Å². The molecule has 1 heterocycles. The number of hydrogen-bond donors (Lipinski definition) is 1. The highest BCUT2D eigenvalue weighted by molar-refractivity contribution is 5.99. The van der Waals surface area contributed by atoms with Gasteiger partial charge in [0.05, 0.1) is 6.21 Å². The average molecular weight is 406 g/mol. The lowest BCUT2D eigenvalue weighted by Gasteiger charge is -2.37. The maximum Gasteiger partial charge on any atom is 0.573 e. The number of alkyl halides is 3. The molecule has 0 aliphatic carbocycles. The minimum absolute atomic E-state index is 0.0646. The molecule has 0 atom stereocenters. The van der Waals surface area contributed by atoms with Crippen LogP contribution in [0, 0.1) is 6.92 Å². The predicted molar refractivity (Wildman–Crippen MR) is 104 cm³/mol. The summed E-state index contributed by atoms with van der Waals surface area (Å²) in [5, 5.41) is 11.7. The van der Waals surface area contributed by atoms with Gasteiger partial charge >= 0.3 is 6.36 Å². The van der Waals surface area contributed by atoms with Crippen LogP contribution in [-0.2, 0) is 10.2 Å². The van der Waals surface area contributed by atoms with Crippen molar-refractivity contribution in [2.45, 2.75) is 39.0 Å². The Balaban J connectivity index is 2.25. The molecule has 1 amide bonds. The lowest BCUT2D eigenvalue weighted by atomic mass is 9.76. The zero-order chi connectivity index (χ0) is 21.6. The van der Waals surface area contributed by atoms with Crippen molar-refractivity contribution in [2.24, 2.45) is 5.16 Å². The van der Waals surface area contributed by atoms with E-state index in [1.165, 1.54) is 23.1 Å². The van der Waals surface area contributed by atoms with Gasteiger partial charge in [0.2, 0.25) is 5.91 Å². The van der Waals surface area contributed by atoms with Crippen LogP contribution in [0.5, 0.6) is 5.75 Å². The van der Waals surface area contributed by atoms with Gasteiger partial charge in [0.25, 0.3) is 0 Å². The van der Waals surface area contributed by atoms with Crippen LogP contribution in [0.1, 0.15) is 37.0 Å². The van der Waals surface area contributed by atoms with Crippen molar-refractivity contribution in [1.29, 1.82) is 0 Å². The first kappa shape index (κ1) is 20.7. The second-order valence-electron chi connectivity index (χ2n) is 7.75. The summed E-state index contributed by atoms with van der Waals surface area (Å²) in [6, 6.07) is 7.60. The summed E-state index contributed by atoms with van der Waals surface area (Å²) in [5.41, 5.74) is 3.03. The number of amides is 1. The van der Waals surface area contributed by atoms with Crippen molar-refractivity contribution in [3.63, 3.8) is 0 Å². The van der Waals surface area contributed by atoms with Crippen LogP contribution < -0.4 is 9.64 Å². The number of benzene rings is 2. The number of halogens is 3. The summed E-state index contributed by atoms with van der Waals surface area (Å²) in [5.74, 6) is -0.440. The fourth-order valence-electron chi connectivity index (χ4n) is 3.65. The van der Waals surface area contributed by atoms with Crippen LogP contribution >= 0.6 is 0 Å². The number of nitrogens with zero attached hydrogens (tertiary/aromatic N) is 2. The Bertz CT molecular complexity index is 997. The number of anilines is 1. The van der Waals surface area contributed by atoms with Crippen LogP contribution in [0.4, 0.5) is 18.9 Å². The maximum absolute atomic E-state index is 12.9. The lowest BCUT2D eigenvalue weighted by molar-refractivity contribution is -0.274. The molecule has 3 rings (SSSR count). The molecule has 2 aromatic rings. The molecule has 0 unspecified atom stereocenters. The first-order valence-corrected chi connectivity index (χ1v) is 8.92. The topological polar surface area (TPSA) is 62.1 Å². The number of oxime groups is 1. The molecule has 29 heavy (non-hydrogen) atoms. The maximum atomic E-state index is 12.9. The molecule has 0 spiro atoms. The smallest absolute Gasteiger partial charge is 0.411 e. The molecule has 8 heteroatoms. The van der Waals surface area contributed by atoms with Gasteiger partial charge in [-0.25, -0.2) is 0 Å². The summed E-state index contributed by atoms with van der Waals surface area (Å²) in [6.07, 6.45) is -3.40. The molecule has 0 fully saturated rings. The fourth-order valence-corrected chi connectivity index (χ4v) is 3.65. The van der Waals surface area contributed by atoms with Crippen LogP contribution in [0.15, 0.2) is 35.5 Å². The number of fused-ring (bicyclic) bond motifs is 1. The third-order valence-corrected chi connectivity index (χ3v) is 5.13. The van der Waals surface area contributed by atoms with Crippen LogP contribution in [0.25, 0.3) is 11.1 Å². The summed E-state index contributed by atoms with van der Waals surface area (Å²) in [6.45, 7) is 5.73. The molecular formula is C21H21F3N2O3. The summed E-state index contributed by atoms with van der Waals surface area (Å²) >= 11 is 0. The van der Waals surface area contributed by atoms with E-state index in [4.69, 9.17) is 5.21 Å². The third kappa shape index (κ3) is 4.06. The van der Waals surface area contributed by atoms with Crippen molar-refractivity contribution < 1.29 is 27.9 Å². The molecule has 2 aromatic carbocycles. The average Bonchev–Trinajstić information content (AvgIpc) is 2.60. The van der Waals surface area contributed by atoms with E-state index in [9.17, 15) is 18.0 Å². The number of hydrogen-bond acceptors (Lipinski definition) is 4. The second-order valence-corrected chi connectivity index (χ2v) is 7.75. The first-order chi connectivity index (χ1) is 13.4. The third-order valence-electron chi connectivity index (χ3n) is 5.13. The molecular weight excluding hydrogens is 385 g/mol. The highest BCUT2D eigenvalue weighted by Gasteiger charge is 2.36. The van der Waals surface area contributed by atoms with E-state index >= 15 is 0 Å². The zero-order valence-corrected chi connectivity index (χ0v) is 16.5. The fraction of sp³-hybridized carbons (Fsp3) is 0.333. The number of carbonyl (C=O) groups is 1. The monoisotopic (exact) mass is 406 g/mol. The highest BCUT2D eigenvalue weighted by atomic mass is 19.4. The van der Waals surface area contributed by atoms with Crippen molar-refractivity contribution in [2.75, 3.05) is 11.9 Å². The normalized spacial score (nSPS) is 16.2. The Labute approximate surface area is 166 Å². The molecule has 1 N–H and O–H groups in total. The van der Waals surface area contributed by atoms with Crippen LogP contribution in [0.3, 0.4) is 0 Å². The molecule has 1 aliphatic rings. The Morgan fingerprint density at radius 2 is 1.90 bits per heavy atom. The van der Waals surface area contributed by atoms with Crippen molar-refractivity contribution in [1.82, 2.24) is 0 Å². The van der Waals surface area contributed by atoms with Crippen LogP contribution in [-0.4, -0.2) is 30.7 Å². The Morgan fingerprint density at radius 1 is 1.21 bits per heavy atom. The van der Waals surface area contributed by atoms with Crippen LogP contribution in [0.2, 0.25) is 0 Å². The Morgan fingerprint density at radius 3 is 2.52 bits per heavy atom. The lowest BCUT2D eigenvalue weighted by Crippen LogP contribution is -2.39. The Hall–Kier alpha value is -3.03. The van der Waals surface area contributed by atoms with Gasteiger partial charge in [-0.2, -0.15) is 0 Å². The summed E-state index contributed by atoms with van der Waals surface area (Å²) in [4.78, 5) is 13.9. The largest absolute Gasteiger partial charge is 0.573 e. The molecule has 154 valence electrons. The first-order valence-electron chi connectivity index (χ1n) is 8.92. The molecule has 0 saturated heterocycles. The van der Waals surface area contributed by atoms with Gasteiger partial charge < -0.3 is 14.8 Å². The minimum atomic E-state index is -4.86. The number of rotatable bonds is 3. The molecule has 5 nitrogen and oxygen atoms in total. The number of carbonyl (C=O) groups excluding carboxylic acids is 1. The van der Waals surface area contributed by atoms with E-state index in [1.54, 1.807) is 20.0 Å². The predicted octanol–water partition coefficient (Wildman–Crippen LogP) is 5.01. The van der Waals surface area contributed by atoms with Gasteiger partial charge in [-0.1, -0.05) is 25.1 Å². The SMILES string of the molecule is Cc1cc2c(cc1-c1cc(C=NO)ccc1OC(F)(F)F)N(C)C(=O)CC2(C)C. The van der Waals surface area contributed by atoms with Gasteiger partial charge in [-0.3, -0.25) is 4.79 Å². The van der Waals surface area contributed by atoms with Crippen molar-refractivity contribution >= 4 is 17.8 Å². The highest BCUT2D eigenvalue weighted by Crippen LogP contribution is 2.45. The van der Waals surface area contributed by atoms with Gasteiger partial charge in [0.1, 0.15) is 5.75 Å². The van der Waals surface area contributed by atoms with E-state index < -0.39 is 6.36 Å². The Kier molecular flexibility index (Phi) is 5.06. The minimum Gasteiger partial charge on any atom is -0.411 e. The molecule has 0 aromatic heterocycles. The summed E-state index contributed by atoms with van der Waals surface area (Å²) < 4.78 is 43.0. The van der Waals surface area contributed by atoms with Crippen molar-refractivity contribution in [3.8, 4) is 16.9 Å². The van der Waals surface area contributed by atoms with Gasteiger partial charge in [-0.15, -0.1) is 13.2 Å².